The van der Waals surface area contributed by atoms with Gasteiger partial charge < -0.3 is 14.4 Å². The molecule has 3 aromatic carbocycles. The highest BCUT2D eigenvalue weighted by Gasteiger charge is 2.30. The Kier molecular flexibility index (Phi) is 6.24. The fourth-order valence-electron chi connectivity index (χ4n) is 4.89. The maximum absolute atomic E-state index is 6.31. The van der Waals surface area contributed by atoms with Gasteiger partial charge in [0.2, 0.25) is 0 Å². The third-order valence-corrected chi connectivity index (χ3v) is 6.85. The van der Waals surface area contributed by atoms with E-state index in [1.165, 1.54) is 24.1 Å². The number of para-hydroxylation sites is 2. The van der Waals surface area contributed by atoms with Crippen LogP contribution in [0.1, 0.15) is 24.0 Å². The molecular formula is C27H29ClN2O2. The number of halogens is 1. The molecule has 1 fully saturated rings. The standard InChI is InChI=1S/C27H29ClN2O2/c1-31-24-11-8-20(9-12-24)14-16-29-15-4-5-23(29)18-30-25-13-10-22(28)17-21(25)19-32-27-7-3-2-6-26(27)30/h2-3,6-13,17,23H,4-5,14-16,18-19H2,1H3/t23-/m1/s1. The molecule has 5 rings (SSSR count). The lowest BCUT2D eigenvalue weighted by molar-refractivity contribution is 0.261. The summed E-state index contributed by atoms with van der Waals surface area (Å²) in [6, 6.07) is 23.5. The van der Waals surface area contributed by atoms with E-state index >= 15 is 0 Å². The molecule has 2 aliphatic rings. The van der Waals surface area contributed by atoms with Crippen LogP contribution in [0.25, 0.3) is 0 Å². The molecule has 1 atom stereocenters. The summed E-state index contributed by atoms with van der Waals surface area (Å²) in [5.41, 5.74) is 4.82. The Hall–Kier alpha value is -2.69. The molecule has 0 aromatic heterocycles. The first kappa shape index (κ1) is 21.2. The van der Waals surface area contributed by atoms with Gasteiger partial charge in [-0.2, -0.15) is 0 Å². The number of fused-ring (bicyclic) bond motifs is 2. The van der Waals surface area contributed by atoms with E-state index in [4.69, 9.17) is 21.1 Å². The predicted octanol–water partition coefficient (Wildman–Crippen LogP) is 6.09. The number of hydrogen-bond donors (Lipinski definition) is 0. The quantitative estimate of drug-likeness (QED) is 0.455. The van der Waals surface area contributed by atoms with Gasteiger partial charge in [0.15, 0.2) is 0 Å². The summed E-state index contributed by atoms with van der Waals surface area (Å²) in [6.45, 7) is 3.70. The number of rotatable bonds is 6. The first-order chi connectivity index (χ1) is 15.7. The van der Waals surface area contributed by atoms with E-state index in [0.717, 1.165) is 53.8 Å². The molecule has 2 aliphatic heterocycles. The summed E-state index contributed by atoms with van der Waals surface area (Å²) < 4.78 is 11.4. The molecule has 0 aliphatic carbocycles. The van der Waals surface area contributed by atoms with Crippen molar-refractivity contribution in [3.05, 3.63) is 82.9 Å². The smallest absolute Gasteiger partial charge is 0.143 e. The van der Waals surface area contributed by atoms with Gasteiger partial charge in [0.05, 0.1) is 12.8 Å². The zero-order valence-electron chi connectivity index (χ0n) is 18.5. The van der Waals surface area contributed by atoms with Gasteiger partial charge >= 0.3 is 0 Å². The van der Waals surface area contributed by atoms with Gasteiger partial charge in [0.1, 0.15) is 18.1 Å². The van der Waals surface area contributed by atoms with Crippen LogP contribution in [-0.4, -0.2) is 37.7 Å². The van der Waals surface area contributed by atoms with E-state index in [0.29, 0.717) is 12.6 Å². The lowest BCUT2D eigenvalue weighted by atomic mass is 10.1. The Morgan fingerprint density at radius 3 is 2.72 bits per heavy atom. The van der Waals surface area contributed by atoms with Gasteiger partial charge in [-0.1, -0.05) is 35.9 Å². The van der Waals surface area contributed by atoms with Crippen molar-refractivity contribution >= 4 is 23.0 Å². The van der Waals surface area contributed by atoms with Crippen molar-refractivity contribution in [2.75, 3.05) is 31.6 Å². The lowest BCUT2D eigenvalue weighted by Gasteiger charge is -2.33. The Bertz CT molecular complexity index is 1070. The second kappa shape index (κ2) is 9.43. The highest BCUT2D eigenvalue weighted by atomic mass is 35.5. The number of benzene rings is 3. The molecule has 4 nitrogen and oxygen atoms in total. The molecule has 0 saturated carbocycles. The van der Waals surface area contributed by atoms with Gasteiger partial charge in [-0.25, -0.2) is 0 Å². The van der Waals surface area contributed by atoms with Crippen molar-refractivity contribution in [2.24, 2.45) is 0 Å². The van der Waals surface area contributed by atoms with Gasteiger partial charge in [-0.15, -0.1) is 0 Å². The first-order valence-electron chi connectivity index (χ1n) is 11.4. The molecule has 1 saturated heterocycles. The van der Waals surface area contributed by atoms with Gasteiger partial charge in [-0.05, 0) is 73.8 Å². The van der Waals surface area contributed by atoms with E-state index in [-0.39, 0.29) is 0 Å². The maximum atomic E-state index is 6.31. The van der Waals surface area contributed by atoms with Crippen LogP contribution in [0.5, 0.6) is 11.5 Å². The largest absolute Gasteiger partial charge is 0.497 e. The molecule has 166 valence electrons. The van der Waals surface area contributed by atoms with Crippen molar-refractivity contribution < 1.29 is 9.47 Å². The lowest BCUT2D eigenvalue weighted by Crippen LogP contribution is -2.39. The minimum atomic E-state index is 0.503. The number of likely N-dealkylation sites (tertiary alicyclic amines) is 1. The summed E-state index contributed by atoms with van der Waals surface area (Å²) in [5, 5.41) is 0.750. The van der Waals surface area contributed by atoms with Crippen LogP contribution in [0.15, 0.2) is 66.7 Å². The summed E-state index contributed by atoms with van der Waals surface area (Å²) in [7, 11) is 1.71. The van der Waals surface area contributed by atoms with Crippen LogP contribution in [0.2, 0.25) is 5.02 Å². The Morgan fingerprint density at radius 1 is 1.03 bits per heavy atom. The summed E-state index contributed by atoms with van der Waals surface area (Å²) in [6.07, 6.45) is 3.50. The van der Waals surface area contributed by atoms with Gasteiger partial charge in [0.25, 0.3) is 0 Å². The molecule has 3 aromatic rings. The van der Waals surface area contributed by atoms with E-state index in [2.05, 4.69) is 46.2 Å². The fraction of sp³-hybridized carbons (Fsp3) is 0.333. The van der Waals surface area contributed by atoms with E-state index in [9.17, 15) is 0 Å². The molecule has 0 spiro atoms. The average molecular weight is 449 g/mol. The summed E-state index contributed by atoms with van der Waals surface area (Å²) >= 11 is 6.31. The number of anilines is 2. The Balaban J connectivity index is 1.36. The number of ether oxygens (including phenoxy) is 2. The molecule has 32 heavy (non-hydrogen) atoms. The predicted molar refractivity (Wildman–Crippen MR) is 131 cm³/mol. The van der Waals surface area contributed by atoms with E-state index < -0.39 is 0 Å². The van der Waals surface area contributed by atoms with Crippen LogP contribution in [-0.2, 0) is 13.0 Å². The van der Waals surface area contributed by atoms with Crippen molar-refractivity contribution in [3.63, 3.8) is 0 Å². The molecule has 0 radical (unpaired) electrons. The highest BCUT2D eigenvalue weighted by molar-refractivity contribution is 6.30. The molecule has 5 heteroatoms. The monoisotopic (exact) mass is 448 g/mol. The van der Waals surface area contributed by atoms with Gasteiger partial charge in [-0.3, -0.25) is 4.90 Å². The fourth-order valence-corrected chi connectivity index (χ4v) is 5.08. The first-order valence-corrected chi connectivity index (χ1v) is 11.7. The molecular weight excluding hydrogens is 420 g/mol. The van der Waals surface area contributed by atoms with E-state index in [1.807, 2.05) is 30.3 Å². The topological polar surface area (TPSA) is 24.9 Å². The summed E-state index contributed by atoms with van der Waals surface area (Å²) in [5.74, 6) is 1.84. The van der Waals surface area contributed by atoms with Crippen molar-refractivity contribution in [3.8, 4) is 11.5 Å². The second-order valence-corrected chi connectivity index (χ2v) is 9.01. The minimum Gasteiger partial charge on any atom is -0.497 e. The SMILES string of the molecule is COc1ccc(CCN2CCC[C@@H]2CN2c3ccc(Cl)cc3COc3ccccc32)cc1. The van der Waals surface area contributed by atoms with Gasteiger partial charge in [0, 0.05) is 35.4 Å². The molecule has 0 unspecified atom stereocenters. The van der Waals surface area contributed by atoms with Crippen molar-refractivity contribution in [1.82, 2.24) is 4.90 Å². The van der Waals surface area contributed by atoms with Crippen LogP contribution < -0.4 is 14.4 Å². The highest BCUT2D eigenvalue weighted by Crippen LogP contribution is 2.41. The van der Waals surface area contributed by atoms with Crippen LogP contribution in [0, 0.1) is 0 Å². The minimum absolute atomic E-state index is 0.503. The zero-order chi connectivity index (χ0) is 21.9. The van der Waals surface area contributed by atoms with E-state index in [1.54, 1.807) is 7.11 Å². The Labute approximate surface area is 195 Å². The van der Waals surface area contributed by atoms with Crippen molar-refractivity contribution in [2.45, 2.75) is 31.9 Å². The third kappa shape index (κ3) is 4.43. The zero-order valence-corrected chi connectivity index (χ0v) is 19.2. The average Bonchev–Trinajstić information content (AvgIpc) is 3.21. The van der Waals surface area contributed by atoms with Crippen LogP contribution in [0.4, 0.5) is 11.4 Å². The maximum Gasteiger partial charge on any atom is 0.143 e. The molecule has 0 amide bonds. The molecule has 0 N–H and O–H groups in total. The molecule has 0 bridgehead atoms. The third-order valence-electron chi connectivity index (χ3n) is 6.61. The normalized spacial score (nSPS) is 17.9. The Morgan fingerprint density at radius 2 is 1.88 bits per heavy atom. The number of methoxy groups -OCH3 is 1. The number of nitrogens with zero attached hydrogens (tertiary/aromatic N) is 2. The number of hydrogen-bond acceptors (Lipinski definition) is 4. The summed E-state index contributed by atoms with van der Waals surface area (Å²) in [4.78, 5) is 5.08. The van der Waals surface area contributed by atoms with Crippen molar-refractivity contribution in [1.29, 1.82) is 0 Å². The molecule has 2 heterocycles. The van der Waals surface area contributed by atoms with Crippen LogP contribution >= 0.6 is 11.6 Å². The van der Waals surface area contributed by atoms with Crippen LogP contribution in [0.3, 0.4) is 0 Å². The second-order valence-electron chi connectivity index (χ2n) is 8.57.